The van der Waals surface area contributed by atoms with E-state index >= 15 is 0 Å². The number of benzene rings is 1. The van der Waals surface area contributed by atoms with Crippen LogP contribution in [0.25, 0.3) is 16.9 Å². The Morgan fingerprint density at radius 1 is 1.10 bits per heavy atom. The molecular weight excluding hydrogens is 283 g/mol. The molecule has 0 N–H and O–H groups in total. The highest BCUT2D eigenvalue weighted by atomic mass is 19.4. The van der Waals surface area contributed by atoms with Crippen molar-refractivity contribution in [3.05, 3.63) is 48.3 Å². The molecule has 0 bridgehead atoms. The van der Waals surface area contributed by atoms with Crippen LogP contribution in [0.15, 0.2) is 42.7 Å². The van der Waals surface area contributed by atoms with Crippen molar-refractivity contribution in [2.24, 2.45) is 0 Å². The molecule has 21 heavy (non-hydrogen) atoms. The highest BCUT2D eigenvalue weighted by Gasteiger charge is 2.30. The van der Waals surface area contributed by atoms with Gasteiger partial charge in [-0.3, -0.25) is 0 Å². The molecule has 1 aromatic carbocycles. The largest absolute Gasteiger partial charge is 0.573 e. The monoisotopic (exact) mass is 293 g/mol. The number of aryl methyl sites for hydroxylation is 1. The topological polar surface area (TPSA) is 39.4 Å². The van der Waals surface area contributed by atoms with Gasteiger partial charge >= 0.3 is 6.36 Å². The van der Waals surface area contributed by atoms with Crippen LogP contribution in [0.1, 0.15) is 5.56 Å². The zero-order valence-corrected chi connectivity index (χ0v) is 10.9. The molecule has 3 aromatic rings. The number of fused-ring (bicyclic) bond motifs is 1. The van der Waals surface area contributed by atoms with Crippen molar-refractivity contribution in [2.75, 3.05) is 0 Å². The zero-order chi connectivity index (χ0) is 15.0. The molecule has 0 unspecified atom stereocenters. The van der Waals surface area contributed by atoms with Gasteiger partial charge in [-0.25, -0.2) is 9.50 Å². The van der Waals surface area contributed by atoms with Crippen LogP contribution >= 0.6 is 0 Å². The molecule has 0 spiro atoms. The quantitative estimate of drug-likeness (QED) is 0.724. The van der Waals surface area contributed by atoms with E-state index in [0.29, 0.717) is 16.9 Å². The fraction of sp³-hybridized carbons (Fsp3) is 0.143. The van der Waals surface area contributed by atoms with Gasteiger partial charge < -0.3 is 4.74 Å². The molecule has 108 valence electrons. The van der Waals surface area contributed by atoms with E-state index < -0.39 is 6.36 Å². The molecule has 0 aliphatic heterocycles. The van der Waals surface area contributed by atoms with Crippen LogP contribution in [0, 0.1) is 6.92 Å². The summed E-state index contributed by atoms with van der Waals surface area (Å²) >= 11 is 0. The molecule has 0 atom stereocenters. The normalized spacial score (nSPS) is 11.8. The average molecular weight is 293 g/mol. The summed E-state index contributed by atoms with van der Waals surface area (Å²) in [6.07, 6.45) is -1.23. The van der Waals surface area contributed by atoms with Crippen LogP contribution < -0.4 is 4.74 Å². The Hall–Kier alpha value is -2.57. The molecule has 2 heterocycles. The van der Waals surface area contributed by atoms with Crippen LogP contribution in [0.5, 0.6) is 5.75 Å². The number of rotatable bonds is 2. The number of aromatic nitrogens is 3. The third-order valence-electron chi connectivity index (χ3n) is 2.93. The maximum Gasteiger partial charge on any atom is 0.573 e. The van der Waals surface area contributed by atoms with E-state index in [4.69, 9.17) is 0 Å². The highest BCUT2D eigenvalue weighted by molar-refractivity contribution is 5.63. The summed E-state index contributed by atoms with van der Waals surface area (Å²) in [6.45, 7) is 1.89. The number of ether oxygens (including phenoxy) is 1. The molecule has 0 fully saturated rings. The zero-order valence-electron chi connectivity index (χ0n) is 10.9. The van der Waals surface area contributed by atoms with E-state index in [1.54, 1.807) is 23.0 Å². The van der Waals surface area contributed by atoms with Crippen molar-refractivity contribution < 1.29 is 17.9 Å². The smallest absolute Gasteiger partial charge is 0.406 e. The lowest BCUT2D eigenvalue weighted by Crippen LogP contribution is -2.16. The van der Waals surface area contributed by atoms with Crippen LogP contribution in [0.3, 0.4) is 0 Å². The second kappa shape index (κ2) is 4.76. The summed E-state index contributed by atoms with van der Waals surface area (Å²) in [5.41, 5.74) is 2.99. The Morgan fingerprint density at radius 2 is 1.81 bits per heavy atom. The first kappa shape index (κ1) is 13.4. The summed E-state index contributed by atoms with van der Waals surface area (Å²) in [6, 6.07) is 7.34. The first-order chi connectivity index (χ1) is 9.92. The third-order valence-corrected chi connectivity index (χ3v) is 2.93. The van der Waals surface area contributed by atoms with Gasteiger partial charge in [0.05, 0.1) is 11.9 Å². The summed E-state index contributed by atoms with van der Waals surface area (Å²) in [5, 5.41) is 4.12. The minimum Gasteiger partial charge on any atom is -0.406 e. The van der Waals surface area contributed by atoms with Crippen LogP contribution in [-0.4, -0.2) is 21.0 Å². The van der Waals surface area contributed by atoms with Gasteiger partial charge in [0.1, 0.15) is 5.75 Å². The molecule has 0 amide bonds. The van der Waals surface area contributed by atoms with Crippen LogP contribution in [0.4, 0.5) is 13.2 Å². The second-order valence-corrected chi connectivity index (χ2v) is 4.48. The van der Waals surface area contributed by atoms with Gasteiger partial charge in [-0.05, 0) is 37.3 Å². The molecule has 7 heteroatoms. The lowest BCUT2D eigenvalue weighted by Gasteiger charge is -2.09. The number of alkyl halides is 3. The van der Waals surface area contributed by atoms with Crippen LogP contribution in [0.2, 0.25) is 0 Å². The van der Waals surface area contributed by atoms with Crippen LogP contribution in [-0.2, 0) is 0 Å². The Kier molecular flexibility index (Phi) is 3.04. The summed E-state index contributed by atoms with van der Waals surface area (Å²) in [7, 11) is 0. The van der Waals surface area contributed by atoms with E-state index in [2.05, 4.69) is 14.8 Å². The highest BCUT2D eigenvalue weighted by Crippen LogP contribution is 2.26. The number of nitrogens with zero attached hydrogens (tertiary/aromatic N) is 3. The molecule has 0 radical (unpaired) electrons. The minimum atomic E-state index is -4.69. The van der Waals surface area contributed by atoms with Crippen molar-refractivity contribution in [2.45, 2.75) is 13.3 Å². The minimum absolute atomic E-state index is 0.257. The van der Waals surface area contributed by atoms with Crippen molar-refractivity contribution in [1.29, 1.82) is 0 Å². The van der Waals surface area contributed by atoms with E-state index in [-0.39, 0.29) is 5.75 Å². The Morgan fingerprint density at radius 3 is 2.48 bits per heavy atom. The van der Waals surface area contributed by atoms with E-state index in [0.717, 1.165) is 5.56 Å². The molecule has 0 aliphatic carbocycles. The lowest BCUT2D eigenvalue weighted by atomic mass is 10.1. The third kappa shape index (κ3) is 2.81. The van der Waals surface area contributed by atoms with Crippen molar-refractivity contribution in [3.63, 3.8) is 0 Å². The first-order valence-corrected chi connectivity index (χ1v) is 6.09. The van der Waals surface area contributed by atoms with Gasteiger partial charge in [-0.1, -0.05) is 0 Å². The molecule has 0 saturated heterocycles. The number of hydrogen-bond donors (Lipinski definition) is 0. The van der Waals surface area contributed by atoms with Gasteiger partial charge in [0.15, 0.2) is 5.65 Å². The summed E-state index contributed by atoms with van der Waals surface area (Å²) < 4.78 is 41.8. The van der Waals surface area contributed by atoms with Gasteiger partial charge in [0.25, 0.3) is 0 Å². The second-order valence-electron chi connectivity index (χ2n) is 4.48. The number of hydrogen-bond acceptors (Lipinski definition) is 3. The fourth-order valence-corrected chi connectivity index (χ4v) is 1.97. The van der Waals surface area contributed by atoms with Crippen molar-refractivity contribution >= 4 is 5.65 Å². The molecule has 0 saturated carbocycles. The first-order valence-electron chi connectivity index (χ1n) is 6.09. The summed E-state index contributed by atoms with van der Waals surface area (Å²) in [4.78, 5) is 4.45. The van der Waals surface area contributed by atoms with Gasteiger partial charge in [-0.15, -0.1) is 13.2 Å². The van der Waals surface area contributed by atoms with E-state index in [1.807, 2.05) is 6.92 Å². The molecule has 2 aromatic heterocycles. The Labute approximate surface area is 117 Å². The lowest BCUT2D eigenvalue weighted by molar-refractivity contribution is -0.274. The van der Waals surface area contributed by atoms with Crippen molar-refractivity contribution in [3.8, 4) is 17.0 Å². The fourth-order valence-electron chi connectivity index (χ4n) is 1.97. The molecule has 4 nitrogen and oxygen atoms in total. The van der Waals surface area contributed by atoms with E-state index in [1.165, 1.54) is 24.3 Å². The molecule has 3 rings (SSSR count). The maximum absolute atomic E-state index is 12.1. The maximum atomic E-state index is 12.1. The standard InChI is InChI=1S/C14H10F3N3O/c1-9-8-18-20-7-6-12(19-13(9)20)10-2-4-11(5-3-10)21-14(15,16)17/h2-8H,1H3. The number of halogens is 3. The Balaban J connectivity index is 1.93. The SMILES string of the molecule is Cc1cnn2ccc(-c3ccc(OC(F)(F)F)cc3)nc12. The molecular formula is C14H10F3N3O. The predicted octanol–water partition coefficient (Wildman–Crippen LogP) is 3.60. The van der Waals surface area contributed by atoms with Gasteiger partial charge in [-0.2, -0.15) is 5.10 Å². The van der Waals surface area contributed by atoms with Gasteiger partial charge in [0.2, 0.25) is 0 Å². The van der Waals surface area contributed by atoms with Gasteiger partial charge in [0, 0.05) is 17.3 Å². The average Bonchev–Trinajstić information content (AvgIpc) is 2.79. The Bertz CT molecular complexity index is 778. The molecule has 0 aliphatic rings. The van der Waals surface area contributed by atoms with E-state index in [9.17, 15) is 13.2 Å². The summed E-state index contributed by atoms with van der Waals surface area (Å²) in [5.74, 6) is -0.257. The predicted molar refractivity (Wildman–Crippen MR) is 69.8 cm³/mol. The van der Waals surface area contributed by atoms with Crippen molar-refractivity contribution in [1.82, 2.24) is 14.6 Å².